The van der Waals surface area contributed by atoms with Gasteiger partial charge in [0.2, 0.25) is 0 Å². The van der Waals surface area contributed by atoms with E-state index in [1.54, 1.807) is 26.5 Å². The molecule has 0 spiro atoms. The normalized spacial score (nSPS) is 10.9. The van der Waals surface area contributed by atoms with Crippen molar-refractivity contribution in [3.8, 4) is 28.8 Å². The second-order valence-electron chi connectivity index (χ2n) is 5.28. The third kappa shape index (κ3) is 3.85. The van der Waals surface area contributed by atoms with E-state index in [0.29, 0.717) is 27.8 Å². The van der Waals surface area contributed by atoms with Gasteiger partial charge in [-0.3, -0.25) is 0 Å². The van der Waals surface area contributed by atoms with Gasteiger partial charge in [-0.1, -0.05) is 30.3 Å². The minimum Gasteiger partial charge on any atom is -0.497 e. The summed E-state index contributed by atoms with van der Waals surface area (Å²) >= 11 is 1.43. The third-order valence-corrected chi connectivity index (χ3v) is 4.58. The van der Waals surface area contributed by atoms with Crippen molar-refractivity contribution in [1.82, 2.24) is 4.98 Å². The number of hydrogen-bond donors (Lipinski definition) is 1. The van der Waals surface area contributed by atoms with Crippen LogP contribution in [0.3, 0.4) is 0 Å². The Bertz CT molecular complexity index is 959. The molecule has 5 nitrogen and oxygen atoms in total. The van der Waals surface area contributed by atoms with Crippen LogP contribution in [0.1, 0.15) is 5.01 Å². The molecule has 0 aliphatic heterocycles. The number of nitrogens with zero attached hydrogens (tertiary/aromatic N) is 2. The Morgan fingerprint density at radius 1 is 1.15 bits per heavy atom. The third-order valence-electron chi connectivity index (χ3n) is 3.70. The molecule has 6 heteroatoms. The summed E-state index contributed by atoms with van der Waals surface area (Å²) in [6, 6.07) is 17.5. The maximum absolute atomic E-state index is 9.52. The van der Waals surface area contributed by atoms with E-state index < -0.39 is 0 Å². The van der Waals surface area contributed by atoms with Crippen molar-refractivity contribution in [2.75, 3.05) is 19.5 Å². The summed E-state index contributed by atoms with van der Waals surface area (Å²) in [4.78, 5) is 4.57. The first kappa shape index (κ1) is 17.5. The van der Waals surface area contributed by atoms with Crippen molar-refractivity contribution >= 4 is 22.6 Å². The highest BCUT2D eigenvalue weighted by molar-refractivity contribution is 7.11. The molecule has 0 radical (unpaired) electrons. The molecule has 3 aromatic rings. The van der Waals surface area contributed by atoms with E-state index in [4.69, 9.17) is 9.47 Å². The van der Waals surface area contributed by atoms with Gasteiger partial charge in [0, 0.05) is 23.2 Å². The van der Waals surface area contributed by atoms with Crippen LogP contribution >= 0.6 is 11.3 Å². The van der Waals surface area contributed by atoms with Gasteiger partial charge in [-0.05, 0) is 12.1 Å². The van der Waals surface area contributed by atoms with Crippen molar-refractivity contribution in [1.29, 1.82) is 5.26 Å². The summed E-state index contributed by atoms with van der Waals surface area (Å²) in [7, 11) is 3.19. The van der Waals surface area contributed by atoms with Gasteiger partial charge in [-0.15, -0.1) is 11.3 Å². The molecule has 0 fully saturated rings. The van der Waals surface area contributed by atoms with Gasteiger partial charge < -0.3 is 14.8 Å². The lowest BCUT2D eigenvalue weighted by molar-refractivity contribution is 0.405. The Balaban J connectivity index is 1.86. The predicted molar refractivity (Wildman–Crippen MR) is 104 cm³/mol. The molecule has 0 bridgehead atoms. The van der Waals surface area contributed by atoms with Crippen LogP contribution in [0.15, 0.2) is 60.1 Å². The van der Waals surface area contributed by atoms with Crippen molar-refractivity contribution in [2.24, 2.45) is 0 Å². The molecule has 0 saturated heterocycles. The molecular weight excluding hydrogens is 346 g/mol. The quantitative estimate of drug-likeness (QED) is 0.637. The highest BCUT2D eigenvalue weighted by Gasteiger charge is 2.10. The summed E-state index contributed by atoms with van der Waals surface area (Å²) in [6.07, 6.45) is 1.63. The Hall–Kier alpha value is -3.30. The smallest absolute Gasteiger partial charge is 0.142 e. The fraction of sp³-hybridized carbons (Fsp3) is 0.100. The number of thiazole rings is 1. The first-order chi connectivity index (χ1) is 12.7. The fourth-order valence-corrected chi connectivity index (χ4v) is 3.15. The SMILES string of the molecule is COc1ccc(OC)c(N/C=C(/C#N)c2nc(-c3ccccc3)cs2)c1. The highest BCUT2D eigenvalue weighted by Crippen LogP contribution is 2.30. The van der Waals surface area contributed by atoms with E-state index >= 15 is 0 Å². The molecule has 1 N–H and O–H groups in total. The second-order valence-corrected chi connectivity index (χ2v) is 6.14. The predicted octanol–water partition coefficient (Wildman–Crippen LogP) is 4.80. The van der Waals surface area contributed by atoms with Gasteiger partial charge >= 0.3 is 0 Å². The average Bonchev–Trinajstić information content (AvgIpc) is 3.19. The number of allylic oxidation sites excluding steroid dienone is 1. The maximum Gasteiger partial charge on any atom is 0.142 e. The van der Waals surface area contributed by atoms with Gasteiger partial charge in [0.1, 0.15) is 28.1 Å². The zero-order valence-electron chi connectivity index (χ0n) is 14.4. The standard InChI is InChI=1S/C20H17N3O2S/c1-24-16-8-9-19(25-2)17(10-16)22-12-15(11-21)20-23-18(13-26-20)14-6-4-3-5-7-14/h3-10,12-13,22H,1-2H3/b15-12-. The lowest BCUT2D eigenvalue weighted by Gasteiger charge is -2.10. The molecule has 0 aliphatic rings. The number of ether oxygens (including phenoxy) is 2. The topological polar surface area (TPSA) is 67.2 Å². The van der Waals surface area contributed by atoms with Crippen LogP contribution < -0.4 is 14.8 Å². The minimum atomic E-state index is 0.446. The van der Waals surface area contributed by atoms with Crippen LogP contribution in [0.4, 0.5) is 5.69 Å². The number of nitriles is 1. The maximum atomic E-state index is 9.52. The molecule has 2 aromatic carbocycles. The minimum absolute atomic E-state index is 0.446. The van der Waals surface area contributed by atoms with E-state index in [1.807, 2.05) is 47.8 Å². The number of aromatic nitrogens is 1. The number of nitrogens with one attached hydrogen (secondary N) is 1. The molecule has 3 rings (SSSR count). The molecule has 0 atom stereocenters. The number of anilines is 1. The lowest BCUT2D eigenvalue weighted by atomic mass is 10.2. The lowest BCUT2D eigenvalue weighted by Crippen LogP contribution is -1.96. The van der Waals surface area contributed by atoms with Gasteiger partial charge in [-0.25, -0.2) is 4.98 Å². The second kappa shape index (κ2) is 8.19. The van der Waals surface area contributed by atoms with E-state index in [2.05, 4.69) is 16.4 Å². The Labute approximate surface area is 156 Å². The van der Waals surface area contributed by atoms with Gasteiger partial charge in [0.25, 0.3) is 0 Å². The van der Waals surface area contributed by atoms with E-state index in [1.165, 1.54) is 11.3 Å². The molecule has 0 saturated carbocycles. The van der Waals surface area contributed by atoms with Crippen LogP contribution in [0, 0.1) is 11.3 Å². The van der Waals surface area contributed by atoms with Crippen molar-refractivity contribution in [3.05, 3.63) is 65.1 Å². The molecule has 1 heterocycles. The molecule has 1 aromatic heterocycles. The van der Waals surface area contributed by atoms with Gasteiger partial charge in [0.05, 0.1) is 25.6 Å². The Morgan fingerprint density at radius 2 is 1.96 bits per heavy atom. The number of hydrogen-bond acceptors (Lipinski definition) is 6. The molecular formula is C20H17N3O2S. The summed E-state index contributed by atoms with van der Waals surface area (Å²) in [6.45, 7) is 0. The van der Waals surface area contributed by atoms with Crippen molar-refractivity contribution in [2.45, 2.75) is 0 Å². The van der Waals surface area contributed by atoms with Crippen LogP contribution in [-0.4, -0.2) is 19.2 Å². The molecule has 0 unspecified atom stereocenters. The molecule has 26 heavy (non-hydrogen) atoms. The fourth-order valence-electron chi connectivity index (χ4n) is 2.36. The van der Waals surface area contributed by atoms with E-state index in [9.17, 15) is 5.26 Å². The summed E-state index contributed by atoms with van der Waals surface area (Å²) < 4.78 is 10.6. The van der Waals surface area contributed by atoms with Crippen molar-refractivity contribution in [3.63, 3.8) is 0 Å². The Morgan fingerprint density at radius 3 is 2.65 bits per heavy atom. The van der Waals surface area contributed by atoms with E-state index in [-0.39, 0.29) is 0 Å². The number of benzene rings is 2. The van der Waals surface area contributed by atoms with Crippen LogP contribution in [0.5, 0.6) is 11.5 Å². The molecule has 0 aliphatic carbocycles. The summed E-state index contributed by atoms with van der Waals surface area (Å²) in [5.41, 5.74) is 3.03. The van der Waals surface area contributed by atoms with Gasteiger partial charge in [0.15, 0.2) is 0 Å². The highest BCUT2D eigenvalue weighted by atomic mass is 32.1. The zero-order valence-corrected chi connectivity index (χ0v) is 15.2. The largest absolute Gasteiger partial charge is 0.497 e. The number of rotatable bonds is 6. The van der Waals surface area contributed by atoms with E-state index in [0.717, 1.165) is 11.3 Å². The van der Waals surface area contributed by atoms with Crippen LogP contribution in [-0.2, 0) is 0 Å². The first-order valence-corrected chi connectivity index (χ1v) is 8.73. The van der Waals surface area contributed by atoms with Gasteiger partial charge in [-0.2, -0.15) is 5.26 Å². The van der Waals surface area contributed by atoms with Crippen molar-refractivity contribution < 1.29 is 9.47 Å². The summed E-state index contributed by atoms with van der Waals surface area (Å²) in [5.74, 6) is 1.35. The molecule has 130 valence electrons. The Kier molecular flexibility index (Phi) is 5.52. The first-order valence-electron chi connectivity index (χ1n) is 7.85. The summed E-state index contributed by atoms with van der Waals surface area (Å²) in [5, 5.41) is 15.2. The molecule has 0 amide bonds. The zero-order chi connectivity index (χ0) is 18.4. The van der Waals surface area contributed by atoms with Crippen LogP contribution in [0.25, 0.3) is 16.8 Å². The monoisotopic (exact) mass is 363 g/mol. The average molecular weight is 363 g/mol. The van der Waals surface area contributed by atoms with Crippen LogP contribution in [0.2, 0.25) is 0 Å². The number of methoxy groups -OCH3 is 2.